The molecular weight excluding hydrogens is 630 g/mol. The molecule has 0 saturated heterocycles. The Morgan fingerprint density at radius 1 is 0.773 bits per heavy atom. The summed E-state index contributed by atoms with van der Waals surface area (Å²) in [5, 5.41) is 14.3. The first-order valence-electron chi connectivity index (χ1n) is 14.4. The van der Waals surface area contributed by atoms with Crippen molar-refractivity contribution in [2.45, 2.75) is 43.4 Å². The van der Waals surface area contributed by atoms with Gasteiger partial charge in [-0.2, -0.15) is 0 Å². The van der Waals surface area contributed by atoms with Gasteiger partial charge in [-0.3, -0.25) is 4.79 Å². The predicted octanol–water partition coefficient (Wildman–Crippen LogP) is 9.13. The van der Waals surface area contributed by atoms with Crippen LogP contribution >= 0.6 is 15.9 Å². The molecule has 0 aliphatic carbocycles. The fourth-order valence-electron chi connectivity index (χ4n) is 5.99. The van der Waals surface area contributed by atoms with Gasteiger partial charge in [-0.15, -0.1) is 0 Å². The minimum absolute atomic E-state index is 0.0920. The third-order valence-electron chi connectivity index (χ3n) is 8.13. The first kappa shape index (κ1) is 31.6. The van der Waals surface area contributed by atoms with Crippen molar-refractivity contribution < 1.29 is 14.5 Å². The van der Waals surface area contributed by atoms with Gasteiger partial charge in [0.1, 0.15) is 12.0 Å². The summed E-state index contributed by atoms with van der Waals surface area (Å²) in [6, 6.07) is 39.0. The van der Waals surface area contributed by atoms with Crippen LogP contribution in [0.25, 0.3) is 0 Å². The van der Waals surface area contributed by atoms with Crippen molar-refractivity contribution in [2.24, 2.45) is 0 Å². The average Bonchev–Trinajstić information content (AvgIpc) is 3.00. The zero-order valence-electron chi connectivity index (χ0n) is 25.5. The van der Waals surface area contributed by atoms with Crippen molar-refractivity contribution in [3.63, 3.8) is 0 Å². The highest BCUT2D eigenvalue weighted by atomic mass is 79.9. The Morgan fingerprint density at radius 3 is 1.66 bits per heavy atom. The molecule has 0 aliphatic rings. The van der Waals surface area contributed by atoms with Crippen LogP contribution in [-0.2, 0) is 22.0 Å². The zero-order chi connectivity index (χ0) is 31.6. The van der Waals surface area contributed by atoms with E-state index in [1.54, 1.807) is 19.2 Å². The van der Waals surface area contributed by atoms with Gasteiger partial charge in [0.15, 0.2) is 4.90 Å². The van der Waals surface area contributed by atoms with Gasteiger partial charge < -0.3 is 15.0 Å². The van der Waals surface area contributed by atoms with Crippen LogP contribution in [0.1, 0.15) is 64.5 Å². The number of amides is 1. The molecule has 2 N–H and O–H groups in total. The minimum atomic E-state index is -1.34. The van der Waals surface area contributed by atoms with Crippen LogP contribution in [0.5, 0.6) is 5.75 Å². The van der Waals surface area contributed by atoms with Crippen LogP contribution in [0.3, 0.4) is 0 Å². The molecule has 0 fully saturated rings. The summed E-state index contributed by atoms with van der Waals surface area (Å²) in [6.45, 7) is 7.59. The van der Waals surface area contributed by atoms with Crippen molar-refractivity contribution in [2.75, 3.05) is 11.6 Å². The summed E-state index contributed by atoms with van der Waals surface area (Å²) in [7, 11) is 0. The van der Waals surface area contributed by atoms with E-state index in [4.69, 9.17) is 0 Å². The SMILES string of the molecule is Cc1c([S+](C)[O-])cc(C(C)(C)C)c(O)c1C(=O)Nc1ccc(C(c2ccccc2)(c2ccccc2)c2ccccc2)cc1Br. The van der Waals surface area contributed by atoms with E-state index in [1.165, 1.54) is 0 Å². The van der Waals surface area contributed by atoms with Crippen molar-refractivity contribution in [3.8, 4) is 5.75 Å². The van der Waals surface area contributed by atoms with E-state index >= 15 is 0 Å². The summed E-state index contributed by atoms with van der Waals surface area (Å²) in [6.07, 6.45) is 1.58. The van der Waals surface area contributed by atoms with Gasteiger partial charge in [0.2, 0.25) is 0 Å². The van der Waals surface area contributed by atoms with Crippen LogP contribution in [0.4, 0.5) is 5.69 Å². The number of hydrogen-bond donors (Lipinski definition) is 2. The van der Waals surface area contributed by atoms with E-state index in [1.807, 2.05) is 57.2 Å². The molecule has 1 unspecified atom stereocenters. The summed E-state index contributed by atoms with van der Waals surface area (Å²) >= 11 is 2.41. The average molecular weight is 667 g/mol. The normalized spacial score (nSPS) is 12.5. The number of carbonyl (C=O) groups excluding carboxylic acids is 1. The van der Waals surface area contributed by atoms with Gasteiger partial charge in [0.25, 0.3) is 5.91 Å². The molecule has 0 radical (unpaired) electrons. The maximum atomic E-state index is 13.8. The van der Waals surface area contributed by atoms with Crippen molar-refractivity contribution in [3.05, 3.63) is 159 Å². The number of halogens is 1. The second-order valence-electron chi connectivity index (χ2n) is 12.0. The molecule has 6 heteroatoms. The summed E-state index contributed by atoms with van der Waals surface area (Å²) < 4.78 is 13.3. The molecule has 4 nitrogen and oxygen atoms in total. The van der Waals surface area contributed by atoms with Crippen LogP contribution in [-0.4, -0.2) is 21.8 Å². The monoisotopic (exact) mass is 665 g/mol. The van der Waals surface area contributed by atoms with Crippen LogP contribution in [0.2, 0.25) is 0 Å². The third-order valence-corrected chi connectivity index (χ3v) is 9.83. The second-order valence-corrected chi connectivity index (χ2v) is 14.2. The Hall–Kier alpha value is -3.84. The molecule has 0 heterocycles. The topological polar surface area (TPSA) is 72.4 Å². The van der Waals surface area contributed by atoms with E-state index in [2.05, 4.69) is 94.0 Å². The molecule has 1 atom stereocenters. The van der Waals surface area contributed by atoms with Crippen molar-refractivity contribution in [1.82, 2.24) is 0 Å². The Balaban J connectivity index is 1.65. The molecule has 5 aromatic rings. The van der Waals surface area contributed by atoms with Gasteiger partial charge in [-0.1, -0.05) is 118 Å². The predicted molar refractivity (Wildman–Crippen MR) is 184 cm³/mol. The molecule has 5 aromatic carbocycles. The van der Waals surface area contributed by atoms with E-state index in [9.17, 15) is 14.5 Å². The third kappa shape index (κ3) is 5.82. The van der Waals surface area contributed by atoms with Gasteiger partial charge in [0, 0.05) is 21.7 Å². The fourth-order valence-corrected chi connectivity index (χ4v) is 7.29. The lowest BCUT2D eigenvalue weighted by Crippen LogP contribution is -2.31. The molecule has 0 aliphatic heterocycles. The molecule has 224 valence electrons. The number of carbonyl (C=O) groups is 1. The van der Waals surface area contributed by atoms with Crippen molar-refractivity contribution in [1.29, 1.82) is 0 Å². The van der Waals surface area contributed by atoms with Gasteiger partial charge in [0.05, 0.1) is 16.7 Å². The molecule has 0 spiro atoms. The number of hydrogen-bond acceptors (Lipinski definition) is 3. The lowest BCUT2D eigenvalue weighted by molar-refractivity contribution is 0.102. The van der Waals surface area contributed by atoms with Gasteiger partial charge in [-0.25, -0.2) is 0 Å². The highest BCUT2D eigenvalue weighted by molar-refractivity contribution is 9.10. The molecule has 0 aromatic heterocycles. The highest BCUT2D eigenvalue weighted by Gasteiger charge is 2.38. The van der Waals surface area contributed by atoms with E-state index in [0.717, 1.165) is 22.3 Å². The Kier molecular flexibility index (Phi) is 9.07. The maximum Gasteiger partial charge on any atom is 0.259 e. The largest absolute Gasteiger partial charge is 0.612 e. The molecule has 1 amide bonds. The standard InChI is InChI=1S/C38H36BrNO3S/c1-25-33(44(5)43)24-30(37(2,3)4)35(41)34(25)36(42)40-32-22-21-29(23-31(32)39)38(26-15-9-6-10-16-26,27-17-11-7-12-18-27)28-19-13-8-14-20-28/h6-24,41H,1-5H3,(H,40,42). The quantitative estimate of drug-likeness (QED) is 0.134. The Bertz CT molecular complexity index is 1690. The zero-order valence-corrected chi connectivity index (χ0v) is 27.9. The van der Waals surface area contributed by atoms with E-state index in [0.29, 0.717) is 26.2 Å². The Morgan fingerprint density at radius 2 is 1.25 bits per heavy atom. The lowest BCUT2D eigenvalue weighted by atomic mass is 9.65. The fraction of sp³-hybridized carbons (Fsp3) is 0.184. The van der Waals surface area contributed by atoms with Crippen LogP contribution in [0, 0.1) is 6.92 Å². The number of benzene rings is 5. The first-order valence-corrected chi connectivity index (χ1v) is 16.8. The molecular formula is C38H36BrNO3S. The summed E-state index contributed by atoms with van der Waals surface area (Å²) in [5.74, 6) is -0.558. The van der Waals surface area contributed by atoms with Gasteiger partial charge in [-0.05, 0) is 73.8 Å². The van der Waals surface area contributed by atoms with E-state index in [-0.39, 0.29) is 11.3 Å². The van der Waals surface area contributed by atoms with E-state index < -0.39 is 27.9 Å². The Labute approximate surface area is 271 Å². The number of anilines is 1. The first-order chi connectivity index (χ1) is 21.0. The lowest BCUT2D eigenvalue weighted by Gasteiger charge is -2.37. The minimum Gasteiger partial charge on any atom is -0.612 e. The number of aromatic hydroxyl groups is 1. The van der Waals surface area contributed by atoms with Crippen LogP contribution in [0.15, 0.2) is 125 Å². The highest BCUT2D eigenvalue weighted by Crippen LogP contribution is 2.46. The van der Waals surface area contributed by atoms with Gasteiger partial charge >= 0.3 is 0 Å². The molecule has 0 bridgehead atoms. The number of rotatable bonds is 7. The second kappa shape index (κ2) is 12.6. The molecule has 44 heavy (non-hydrogen) atoms. The van der Waals surface area contributed by atoms with Crippen LogP contribution < -0.4 is 5.32 Å². The summed E-state index contributed by atoms with van der Waals surface area (Å²) in [4.78, 5) is 14.4. The number of nitrogens with one attached hydrogen (secondary N) is 1. The smallest absolute Gasteiger partial charge is 0.259 e. The number of phenols is 1. The maximum absolute atomic E-state index is 13.8. The number of phenolic OH excluding ortho intramolecular Hbond substituents is 1. The molecule has 5 rings (SSSR count). The summed E-state index contributed by atoms with van der Waals surface area (Å²) in [5.41, 5.74) is 5.02. The molecule has 0 saturated carbocycles. The van der Waals surface area contributed by atoms with Crippen molar-refractivity contribution >= 4 is 38.7 Å².